The first-order valence-corrected chi connectivity index (χ1v) is 6.14. The second-order valence-electron chi connectivity index (χ2n) is 4.63. The van der Waals surface area contributed by atoms with Crippen LogP contribution in [0, 0.1) is 5.92 Å². The van der Waals surface area contributed by atoms with Crippen LogP contribution >= 0.6 is 0 Å². The topological polar surface area (TPSA) is 46.3 Å². The van der Waals surface area contributed by atoms with Crippen molar-refractivity contribution in [2.24, 2.45) is 11.7 Å². The maximum absolute atomic E-state index is 11.7. The fraction of sp³-hybridized carbons (Fsp3) is 0.917. The third-order valence-electron chi connectivity index (χ3n) is 3.41. The Morgan fingerprint density at radius 2 is 2.13 bits per heavy atom. The van der Waals surface area contributed by atoms with Crippen LogP contribution in [0.25, 0.3) is 0 Å². The predicted octanol–water partition coefficient (Wildman–Crippen LogP) is 1.76. The monoisotopic (exact) mass is 212 g/mol. The summed E-state index contributed by atoms with van der Waals surface area (Å²) in [5, 5.41) is 0. The molecule has 1 aliphatic rings. The minimum Gasteiger partial charge on any atom is -0.343 e. The van der Waals surface area contributed by atoms with E-state index in [9.17, 15) is 4.79 Å². The van der Waals surface area contributed by atoms with Crippen LogP contribution in [0.1, 0.15) is 45.4 Å². The normalized spacial score (nSPS) is 17.5. The fourth-order valence-corrected chi connectivity index (χ4v) is 1.96. The van der Waals surface area contributed by atoms with Crippen LogP contribution < -0.4 is 5.73 Å². The number of hydrogen-bond acceptors (Lipinski definition) is 2. The minimum atomic E-state index is 0.313. The average molecular weight is 212 g/mol. The molecule has 0 spiro atoms. The molecule has 1 fully saturated rings. The molecule has 0 aliphatic heterocycles. The molecule has 1 amide bonds. The SMILES string of the molecule is CCC(CCN)CCC(=O)N(C)C1CC1. The maximum Gasteiger partial charge on any atom is 0.222 e. The molecule has 1 saturated carbocycles. The van der Waals surface area contributed by atoms with Crippen molar-refractivity contribution in [2.45, 2.75) is 51.5 Å². The quantitative estimate of drug-likeness (QED) is 0.699. The molecule has 0 aromatic rings. The molecule has 0 radical (unpaired) electrons. The highest BCUT2D eigenvalue weighted by Gasteiger charge is 2.29. The van der Waals surface area contributed by atoms with Gasteiger partial charge in [-0.05, 0) is 38.1 Å². The third-order valence-corrected chi connectivity index (χ3v) is 3.41. The lowest BCUT2D eigenvalue weighted by Gasteiger charge is -2.18. The molecule has 1 rings (SSSR count). The summed E-state index contributed by atoms with van der Waals surface area (Å²) in [5.74, 6) is 0.944. The van der Waals surface area contributed by atoms with E-state index in [4.69, 9.17) is 5.73 Å². The highest BCUT2D eigenvalue weighted by atomic mass is 16.2. The molecule has 15 heavy (non-hydrogen) atoms. The molecular weight excluding hydrogens is 188 g/mol. The lowest BCUT2D eigenvalue weighted by atomic mass is 9.96. The van der Waals surface area contributed by atoms with E-state index in [1.807, 2.05) is 11.9 Å². The smallest absolute Gasteiger partial charge is 0.222 e. The molecule has 88 valence electrons. The number of nitrogens with two attached hydrogens (primary N) is 1. The fourth-order valence-electron chi connectivity index (χ4n) is 1.96. The summed E-state index contributed by atoms with van der Waals surface area (Å²) in [7, 11) is 1.93. The Morgan fingerprint density at radius 1 is 1.47 bits per heavy atom. The van der Waals surface area contributed by atoms with Crippen molar-refractivity contribution in [2.75, 3.05) is 13.6 Å². The van der Waals surface area contributed by atoms with Crippen LogP contribution in [-0.4, -0.2) is 30.4 Å². The number of hydrogen-bond donors (Lipinski definition) is 1. The molecule has 0 aromatic heterocycles. The summed E-state index contributed by atoms with van der Waals surface area (Å²) < 4.78 is 0. The maximum atomic E-state index is 11.7. The molecule has 0 heterocycles. The zero-order chi connectivity index (χ0) is 11.3. The largest absolute Gasteiger partial charge is 0.343 e. The number of nitrogens with zero attached hydrogens (tertiary/aromatic N) is 1. The lowest BCUT2D eigenvalue weighted by Crippen LogP contribution is -2.29. The van der Waals surface area contributed by atoms with Gasteiger partial charge >= 0.3 is 0 Å². The summed E-state index contributed by atoms with van der Waals surface area (Å²) in [5.41, 5.74) is 5.53. The van der Waals surface area contributed by atoms with Gasteiger partial charge in [-0.15, -0.1) is 0 Å². The van der Waals surface area contributed by atoms with Crippen molar-refractivity contribution < 1.29 is 4.79 Å². The molecule has 1 atom stereocenters. The molecule has 1 aliphatic carbocycles. The number of carbonyl (C=O) groups excluding carboxylic acids is 1. The standard InChI is InChI=1S/C12H24N2O/c1-3-10(8-9-13)4-7-12(15)14(2)11-5-6-11/h10-11H,3-9,13H2,1-2H3. The van der Waals surface area contributed by atoms with Crippen LogP contribution in [0.3, 0.4) is 0 Å². The van der Waals surface area contributed by atoms with Crippen LogP contribution in [0.5, 0.6) is 0 Å². The van der Waals surface area contributed by atoms with E-state index in [0.717, 1.165) is 25.8 Å². The molecule has 3 heteroatoms. The van der Waals surface area contributed by atoms with E-state index < -0.39 is 0 Å². The van der Waals surface area contributed by atoms with Crippen molar-refractivity contribution in [1.29, 1.82) is 0 Å². The van der Waals surface area contributed by atoms with Crippen LogP contribution in [-0.2, 0) is 4.79 Å². The summed E-state index contributed by atoms with van der Waals surface area (Å²) in [4.78, 5) is 13.7. The van der Waals surface area contributed by atoms with E-state index >= 15 is 0 Å². The van der Waals surface area contributed by atoms with Gasteiger partial charge in [0.2, 0.25) is 5.91 Å². The van der Waals surface area contributed by atoms with Crippen molar-refractivity contribution in [3.05, 3.63) is 0 Å². The number of carbonyl (C=O) groups is 1. The molecule has 3 nitrogen and oxygen atoms in total. The van der Waals surface area contributed by atoms with E-state index in [1.165, 1.54) is 12.8 Å². The van der Waals surface area contributed by atoms with Crippen molar-refractivity contribution in [1.82, 2.24) is 4.90 Å². The summed E-state index contributed by atoms with van der Waals surface area (Å²) in [6.07, 6.45) is 6.29. The van der Waals surface area contributed by atoms with E-state index in [0.29, 0.717) is 24.3 Å². The van der Waals surface area contributed by atoms with E-state index in [2.05, 4.69) is 6.92 Å². The zero-order valence-electron chi connectivity index (χ0n) is 10.0. The Morgan fingerprint density at radius 3 is 2.60 bits per heavy atom. The summed E-state index contributed by atoms with van der Waals surface area (Å²) >= 11 is 0. The summed E-state index contributed by atoms with van der Waals surface area (Å²) in [6.45, 7) is 2.92. The van der Waals surface area contributed by atoms with Crippen LogP contribution in [0.4, 0.5) is 0 Å². The Hall–Kier alpha value is -0.570. The minimum absolute atomic E-state index is 0.313. The van der Waals surface area contributed by atoms with Crippen molar-refractivity contribution in [3.8, 4) is 0 Å². The highest BCUT2D eigenvalue weighted by Crippen LogP contribution is 2.26. The highest BCUT2D eigenvalue weighted by molar-refractivity contribution is 5.76. The first-order chi connectivity index (χ1) is 7.19. The average Bonchev–Trinajstić information content (AvgIpc) is 3.06. The Bertz CT molecular complexity index is 202. The molecular formula is C12H24N2O. The Kier molecular flexibility index (Phi) is 5.09. The van der Waals surface area contributed by atoms with E-state index in [-0.39, 0.29) is 0 Å². The lowest BCUT2D eigenvalue weighted by molar-refractivity contribution is -0.130. The van der Waals surface area contributed by atoms with Gasteiger partial charge < -0.3 is 10.6 Å². The zero-order valence-corrected chi connectivity index (χ0v) is 10.0. The molecule has 0 aromatic carbocycles. The Labute approximate surface area is 93.0 Å². The molecule has 0 saturated heterocycles. The first kappa shape index (κ1) is 12.5. The van der Waals surface area contributed by atoms with Gasteiger partial charge in [0.25, 0.3) is 0 Å². The van der Waals surface area contributed by atoms with Gasteiger partial charge in [0.05, 0.1) is 0 Å². The second-order valence-corrected chi connectivity index (χ2v) is 4.63. The molecule has 2 N–H and O–H groups in total. The predicted molar refractivity (Wildman–Crippen MR) is 62.5 cm³/mol. The van der Waals surface area contributed by atoms with Gasteiger partial charge in [0.1, 0.15) is 0 Å². The van der Waals surface area contributed by atoms with Gasteiger partial charge in [0, 0.05) is 19.5 Å². The number of amides is 1. The third kappa shape index (κ3) is 4.20. The van der Waals surface area contributed by atoms with Gasteiger partial charge in [0.15, 0.2) is 0 Å². The number of rotatable bonds is 7. The van der Waals surface area contributed by atoms with Crippen molar-refractivity contribution in [3.63, 3.8) is 0 Å². The van der Waals surface area contributed by atoms with E-state index in [1.54, 1.807) is 0 Å². The Balaban J connectivity index is 2.19. The van der Waals surface area contributed by atoms with Gasteiger partial charge in [-0.1, -0.05) is 13.3 Å². The summed E-state index contributed by atoms with van der Waals surface area (Å²) in [6, 6.07) is 0.548. The van der Waals surface area contributed by atoms with Crippen molar-refractivity contribution >= 4 is 5.91 Å². The molecule has 1 unspecified atom stereocenters. The van der Waals surface area contributed by atoms with Gasteiger partial charge in [-0.2, -0.15) is 0 Å². The molecule has 0 bridgehead atoms. The van der Waals surface area contributed by atoms with Crippen LogP contribution in [0.2, 0.25) is 0 Å². The first-order valence-electron chi connectivity index (χ1n) is 6.14. The second kappa shape index (κ2) is 6.11. The van der Waals surface area contributed by atoms with Gasteiger partial charge in [-0.3, -0.25) is 4.79 Å². The van der Waals surface area contributed by atoms with Crippen LogP contribution in [0.15, 0.2) is 0 Å². The van der Waals surface area contributed by atoms with Gasteiger partial charge in [-0.25, -0.2) is 0 Å².